The average molecular weight is 1690 g/mol. The molecule has 0 fully saturated rings. The summed E-state index contributed by atoms with van der Waals surface area (Å²) >= 11 is 0. The molecule has 1 spiro atoms. The van der Waals surface area contributed by atoms with Gasteiger partial charge in [-0.3, -0.25) is 0 Å². The fourth-order valence-corrected chi connectivity index (χ4v) is 18.6. The molecule has 1 unspecified atom stereocenters. The quantitative estimate of drug-likeness (QED) is 0.0713. The molecular weight excluding hydrogens is 1600 g/mol. The molecule has 2 aliphatic carbocycles. The number of phenols is 2. The molecule has 0 bridgehead atoms. The SMILES string of the molecule is C.Cc1cc2ccccc2cc1-c1ccccc1.Cc1cc2ccccc2cc1OS(=O)(=O)C(F)(F)F.Oc1cc2ccccc2cc1O.c1ccc(-c2cc3ccccc3cc2N(c2ccccc2)c2ccc3c(c2)C2(c4ccccc4-c4cccc5cccc2c45)c2cccc4cccc-3c24)cc1.c1ccc(Nc2cc3ccccc3cc2-c2ccccc2)cc1. The zero-order valence-electron chi connectivity index (χ0n) is 69.3. The third-order valence-electron chi connectivity index (χ3n) is 24.0. The van der Waals surface area contributed by atoms with Crippen LogP contribution in [0.25, 0.3) is 131 Å². The van der Waals surface area contributed by atoms with E-state index in [1.54, 1.807) is 42.5 Å². The average Bonchev–Trinajstić information content (AvgIpc) is 0.668. The second kappa shape index (κ2) is 35.4. The van der Waals surface area contributed by atoms with E-state index in [4.69, 9.17) is 10.2 Å². The monoisotopic (exact) mass is 1690 g/mol. The highest BCUT2D eigenvalue weighted by atomic mass is 32.2. The molecule has 1 atom stereocenters. The predicted octanol–water partition coefficient (Wildman–Crippen LogP) is 32.0. The summed E-state index contributed by atoms with van der Waals surface area (Å²) in [6.45, 7) is 3.66. The number of aryl methyl sites for hydroxylation is 2. The Kier molecular flexibility index (Phi) is 23.0. The maximum Gasteiger partial charge on any atom is 0.534 e. The second-order valence-corrected chi connectivity index (χ2v) is 33.4. The van der Waals surface area contributed by atoms with Gasteiger partial charge in [0.15, 0.2) is 11.5 Å². The van der Waals surface area contributed by atoms with Crippen LogP contribution in [0.1, 0.15) is 40.8 Å². The molecule has 0 heterocycles. The number of hydrogen-bond acceptors (Lipinski definition) is 7. The minimum Gasteiger partial charge on any atom is -0.504 e. The highest BCUT2D eigenvalue weighted by molar-refractivity contribution is 7.88. The smallest absolute Gasteiger partial charge is 0.504 e. The molecular formula is C117H87F3N2O5S. The number of halogens is 3. The van der Waals surface area contributed by atoms with Gasteiger partial charge in [-0.15, -0.1) is 0 Å². The Hall–Kier alpha value is -15.8. The molecule has 21 aromatic carbocycles. The maximum atomic E-state index is 12.3. The number of rotatable bonds is 10. The van der Waals surface area contributed by atoms with Gasteiger partial charge in [-0.1, -0.05) is 365 Å². The summed E-state index contributed by atoms with van der Waals surface area (Å²) in [5.41, 5.74) is 19.1. The van der Waals surface area contributed by atoms with Gasteiger partial charge in [-0.05, 0) is 258 Å². The van der Waals surface area contributed by atoms with Gasteiger partial charge in [-0.2, -0.15) is 21.6 Å². The van der Waals surface area contributed by atoms with E-state index in [2.05, 4.69) is 379 Å². The molecule has 128 heavy (non-hydrogen) atoms. The number of phenolic OH excluding ortho intramolecular Hbond substituents is 2. The van der Waals surface area contributed by atoms with Crippen LogP contribution >= 0.6 is 0 Å². The van der Waals surface area contributed by atoms with E-state index in [1.807, 2.05) is 42.5 Å². The number of para-hydroxylation sites is 2. The lowest BCUT2D eigenvalue weighted by Gasteiger charge is -2.46. The van der Waals surface area contributed by atoms with Gasteiger partial charge in [0.1, 0.15) is 5.75 Å². The van der Waals surface area contributed by atoms with E-state index < -0.39 is 21.0 Å². The van der Waals surface area contributed by atoms with Crippen molar-refractivity contribution in [3.05, 3.63) is 482 Å². The van der Waals surface area contributed by atoms with Gasteiger partial charge < -0.3 is 24.6 Å². The minimum atomic E-state index is -5.64. The Bertz CT molecular complexity index is 7770. The first kappa shape index (κ1) is 83.1. The van der Waals surface area contributed by atoms with Crippen LogP contribution in [0.3, 0.4) is 0 Å². The van der Waals surface area contributed by atoms with Gasteiger partial charge in [0, 0.05) is 33.9 Å². The highest BCUT2D eigenvalue weighted by Crippen LogP contribution is 2.62. The van der Waals surface area contributed by atoms with Crippen molar-refractivity contribution in [1.29, 1.82) is 0 Å². The number of benzene rings is 21. The van der Waals surface area contributed by atoms with E-state index in [0.29, 0.717) is 10.9 Å². The van der Waals surface area contributed by atoms with Crippen LogP contribution in [0.5, 0.6) is 17.2 Å². The van der Waals surface area contributed by atoms with Gasteiger partial charge in [0.25, 0.3) is 0 Å². The summed E-state index contributed by atoms with van der Waals surface area (Å²) in [5, 5.41) is 37.9. The van der Waals surface area contributed by atoms with E-state index in [1.165, 1.54) is 150 Å². The second-order valence-electron chi connectivity index (χ2n) is 31.8. The number of hydrogen-bond donors (Lipinski definition) is 3. The summed E-state index contributed by atoms with van der Waals surface area (Å²) in [7, 11) is -5.64. The normalized spacial score (nSPS) is 12.7. The molecule has 0 aliphatic heterocycles. The van der Waals surface area contributed by atoms with Crippen molar-refractivity contribution in [3.63, 3.8) is 0 Å². The van der Waals surface area contributed by atoms with Crippen LogP contribution in [-0.2, 0) is 15.5 Å². The lowest BCUT2D eigenvalue weighted by atomic mass is 9.55. The Morgan fingerprint density at radius 1 is 0.297 bits per heavy atom. The molecule has 3 N–H and O–H groups in total. The summed E-state index contributed by atoms with van der Waals surface area (Å²) in [5.74, 6) is -0.474. The largest absolute Gasteiger partial charge is 0.534 e. The Balaban J connectivity index is 0.000000126. The molecule has 0 amide bonds. The maximum absolute atomic E-state index is 12.3. The molecule has 0 saturated heterocycles. The highest BCUT2D eigenvalue weighted by Gasteiger charge is 2.50. The fourth-order valence-electron chi connectivity index (χ4n) is 18.1. The zero-order valence-corrected chi connectivity index (χ0v) is 70.1. The van der Waals surface area contributed by atoms with Gasteiger partial charge in [0.05, 0.1) is 11.1 Å². The Morgan fingerprint density at radius 3 is 1.15 bits per heavy atom. The summed E-state index contributed by atoms with van der Waals surface area (Å²) in [6, 6.07) is 157. The first-order chi connectivity index (χ1) is 62.0. The van der Waals surface area contributed by atoms with Gasteiger partial charge in [0.2, 0.25) is 0 Å². The summed E-state index contributed by atoms with van der Waals surface area (Å²) < 4.78 is 62.8. The van der Waals surface area contributed by atoms with Crippen molar-refractivity contribution in [2.45, 2.75) is 32.2 Å². The van der Waals surface area contributed by atoms with E-state index in [0.717, 1.165) is 44.6 Å². The zero-order chi connectivity index (χ0) is 86.8. The standard InChI is InChI=1S/C55H35N.C22H17N.C17H14.C12H9F3O3S.C10H8O2.CH4/c1-3-15-36(16-4-1)47-33-39-17-7-8-18-40(39)34-52(47)56(41-23-5-2-6-24-41)42-31-32-44-46-27-12-20-38-22-14-30-50(54(38)46)55(51(44)35-42)48-28-10-9-25-43(48)45-26-11-19-37-21-13-29-49(55)53(37)45;1-3-9-17(10-4-1)21-15-18-11-7-8-12-19(18)16-22(21)23-20-13-5-2-6-14-20;1-13-11-15-9-5-6-10-16(15)12-17(13)14-7-3-2-4-8-14;1-8-6-9-4-2-3-5-10(9)7-11(8)18-19(16,17)12(13,14)15;11-9-5-7-3-1-2-4-8(7)6-10(9)12;/h1-35H;1-16,23H;2-12H,1H3;2-7H,1H3;1-6,11-12H;1H4. The van der Waals surface area contributed by atoms with Crippen LogP contribution in [0.4, 0.5) is 41.6 Å². The number of nitrogens with one attached hydrogen (secondary N) is 1. The van der Waals surface area contributed by atoms with Crippen LogP contribution in [0.15, 0.2) is 449 Å². The molecule has 23 rings (SSSR count). The van der Waals surface area contributed by atoms with Crippen molar-refractivity contribution in [2.24, 2.45) is 0 Å². The van der Waals surface area contributed by atoms with Crippen molar-refractivity contribution in [2.75, 3.05) is 10.2 Å². The summed E-state index contributed by atoms with van der Waals surface area (Å²) in [4.78, 5) is 2.48. The molecule has 7 nitrogen and oxygen atoms in total. The van der Waals surface area contributed by atoms with Crippen LogP contribution in [0, 0.1) is 13.8 Å². The Morgan fingerprint density at radius 2 is 0.648 bits per heavy atom. The fraction of sp³-hybridized carbons (Fsp3) is 0.0427. The number of fused-ring (bicyclic) bond motifs is 13. The van der Waals surface area contributed by atoms with Crippen molar-refractivity contribution < 1.29 is 36.0 Å². The van der Waals surface area contributed by atoms with Crippen LogP contribution in [-0.4, -0.2) is 24.1 Å². The van der Waals surface area contributed by atoms with E-state index >= 15 is 0 Å². The summed E-state index contributed by atoms with van der Waals surface area (Å²) in [6.07, 6.45) is 0. The first-order valence-corrected chi connectivity index (χ1v) is 43.5. The molecule has 0 saturated carbocycles. The molecule has 21 aromatic rings. The number of nitrogens with zero attached hydrogens (tertiary/aromatic N) is 1. The third kappa shape index (κ3) is 16.1. The molecule has 0 aromatic heterocycles. The van der Waals surface area contributed by atoms with Gasteiger partial charge >= 0.3 is 15.6 Å². The van der Waals surface area contributed by atoms with Crippen molar-refractivity contribution in [1.82, 2.24) is 0 Å². The molecule has 11 heteroatoms. The molecule has 0 radical (unpaired) electrons. The first-order valence-electron chi connectivity index (χ1n) is 42.1. The minimum absolute atomic E-state index is 0. The van der Waals surface area contributed by atoms with E-state index in [9.17, 15) is 21.6 Å². The topological polar surface area (TPSA) is 99.1 Å². The van der Waals surface area contributed by atoms with Crippen molar-refractivity contribution >= 4 is 114 Å². The van der Waals surface area contributed by atoms with E-state index in [-0.39, 0.29) is 24.7 Å². The number of alkyl halides is 3. The predicted molar refractivity (Wildman–Crippen MR) is 527 cm³/mol. The van der Waals surface area contributed by atoms with Crippen LogP contribution in [0.2, 0.25) is 0 Å². The van der Waals surface area contributed by atoms with Crippen LogP contribution < -0.4 is 14.4 Å². The lowest BCUT2D eigenvalue weighted by molar-refractivity contribution is -0.0500. The molecule has 2 aliphatic rings. The van der Waals surface area contributed by atoms with Crippen molar-refractivity contribution in [3.8, 4) is 72.9 Å². The molecule has 622 valence electrons. The Labute approximate surface area is 742 Å². The lowest BCUT2D eigenvalue weighted by Crippen LogP contribution is -2.36. The van der Waals surface area contributed by atoms with Gasteiger partial charge in [-0.25, -0.2) is 0 Å². The third-order valence-corrected chi connectivity index (χ3v) is 24.9. The number of anilines is 5. The number of aromatic hydroxyl groups is 2.